The summed E-state index contributed by atoms with van der Waals surface area (Å²) in [5.41, 5.74) is 1.11. The Labute approximate surface area is 130 Å². The molecule has 0 saturated carbocycles. The molecule has 1 aromatic carbocycles. The number of nitrogen functional groups attached to an aromatic ring is 1. The SMILES string of the molecule is COc1cc(C)ccc1NC(=O)CSc1nncc(=O)n1N. The van der Waals surface area contributed by atoms with E-state index in [9.17, 15) is 9.59 Å². The molecule has 0 saturated heterocycles. The number of rotatable bonds is 5. The Morgan fingerprint density at radius 3 is 3.00 bits per heavy atom. The fraction of sp³-hybridized carbons (Fsp3) is 0.231. The number of carbonyl (C=O) groups excluding carboxylic acids is 1. The molecule has 0 fully saturated rings. The van der Waals surface area contributed by atoms with E-state index in [0.29, 0.717) is 11.4 Å². The quantitative estimate of drug-likeness (QED) is 0.605. The number of ether oxygens (including phenoxy) is 1. The molecule has 0 bridgehead atoms. The van der Waals surface area contributed by atoms with Crippen LogP contribution in [-0.2, 0) is 4.79 Å². The second-order valence-electron chi connectivity index (χ2n) is 4.38. The number of aromatic nitrogens is 3. The van der Waals surface area contributed by atoms with Gasteiger partial charge < -0.3 is 15.9 Å². The van der Waals surface area contributed by atoms with Gasteiger partial charge >= 0.3 is 0 Å². The number of amides is 1. The van der Waals surface area contributed by atoms with Crippen LogP contribution in [0.4, 0.5) is 5.69 Å². The molecule has 0 spiro atoms. The fourth-order valence-corrected chi connectivity index (χ4v) is 2.32. The number of nitrogens with two attached hydrogens (primary N) is 1. The summed E-state index contributed by atoms with van der Waals surface area (Å²) in [5, 5.41) is 10.1. The normalized spacial score (nSPS) is 10.3. The lowest BCUT2D eigenvalue weighted by Crippen LogP contribution is -2.30. The third kappa shape index (κ3) is 3.76. The number of aryl methyl sites for hydroxylation is 1. The molecule has 9 heteroatoms. The summed E-state index contributed by atoms with van der Waals surface area (Å²) in [6.45, 7) is 1.93. The summed E-state index contributed by atoms with van der Waals surface area (Å²) in [4.78, 5) is 23.3. The minimum absolute atomic E-state index is 0.0341. The monoisotopic (exact) mass is 321 g/mol. The molecular weight excluding hydrogens is 306 g/mol. The van der Waals surface area contributed by atoms with Gasteiger partial charge in [0.2, 0.25) is 11.1 Å². The third-order valence-electron chi connectivity index (χ3n) is 2.72. The van der Waals surface area contributed by atoms with Gasteiger partial charge in [-0.05, 0) is 24.6 Å². The molecule has 1 aromatic heterocycles. The molecule has 2 aromatic rings. The average molecular weight is 321 g/mol. The van der Waals surface area contributed by atoms with E-state index in [1.807, 2.05) is 19.1 Å². The van der Waals surface area contributed by atoms with Crippen LogP contribution in [0.1, 0.15) is 5.56 Å². The Kier molecular flexibility index (Phi) is 4.99. The third-order valence-corrected chi connectivity index (χ3v) is 3.66. The van der Waals surface area contributed by atoms with Crippen molar-refractivity contribution in [1.29, 1.82) is 0 Å². The molecule has 8 nitrogen and oxygen atoms in total. The summed E-state index contributed by atoms with van der Waals surface area (Å²) in [6.07, 6.45) is 1.00. The minimum Gasteiger partial charge on any atom is -0.495 e. The highest BCUT2D eigenvalue weighted by atomic mass is 32.2. The Hall–Kier alpha value is -2.55. The molecule has 1 heterocycles. The van der Waals surface area contributed by atoms with Gasteiger partial charge in [0.15, 0.2) is 0 Å². The van der Waals surface area contributed by atoms with E-state index in [4.69, 9.17) is 10.6 Å². The number of carbonyl (C=O) groups is 1. The number of methoxy groups -OCH3 is 1. The Morgan fingerprint density at radius 2 is 2.27 bits per heavy atom. The van der Waals surface area contributed by atoms with Crippen LogP contribution in [0.3, 0.4) is 0 Å². The second kappa shape index (κ2) is 6.94. The molecule has 116 valence electrons. The van der Waals surface area contributed by atoms with E-state index in [1.54, 1.807) is 6.07 Å². The zero-order valence-electron chi connectivity index (χ0n) is 12.1. The van der Waals surface area contributed by atoms with Crippen molar-refractivity contribution in [1.82, 2.24) is 14.9 Å². The maximum absolute atomic E-state index is 12.0. The lowest BCUT2D eigenvalue weighted by Gasteiger charge is -2.11. The van der Waals surface area contributed by atoms with Crippen LogP contribution in [-0.4, -0.2) is 33.6 Å². The fourth-order valence-electron chi connectivity index (χ4n) is 1.65. The first-order valence-electron chi connectivity index (χ1n) is 6.28. The Balaban J connectivity index is 2.02. The molecule has 0 aliphatic carbocycles. The van der Waals surface area contributed by atoms with Gasteiger partial charge in [-0.3, -0.25) is 9.59 Å². The molecule has 0 atom stereocenters. The van der Waals surface area contributed by atoms with Crippen molar-refractivity contribution in [3.8, 4) is 5.75 Å². The van der Waals surface area contributed by atoms with Crippen LogP contribution < -0.4 is 21.5 Å². The largest absolute Gasteiger partial charge is 0.495 e. The first kappa shape index (κ1) is 15.8. The molecule has 0 radical (unpaired) electrons. The van der Waals surface area contributed by atoms with Crippen LogP contribution in [0, 0.1) is 6.92 Å². The Bertz CT molecular complexity index is 747. The Morgan fingerprint density at radius 1 is 1.50 bits per heavy atom. The maximum atomic E-state index is 12.0. The average Bonchev–Trinajstić information content (AvgIpc) is 2.50. The van der Waals surface area contributed by atoms with Crippen molar-refractivity contribution >= 4 is 23.4 Å². The maximum Gasteiger partial charge on any atom is 0.291 e. The molecule has 3 N–H and O–H groups in total. The number of thioether (sulfide) groups is 1. The van der Waals surface area contributed by atoms with E-state index in [2.05, 4.69) is 15.5 Å². The van der Waals surface area contributed by atoms with E-state index >= 15 is 0 Å². The topological polar surface area (TPSA) is 112 Å². The minimum atomic E-state index is -0.488. The van der Waals surface area contributed by atoms with Crippen LogP contribution >= 0.6 is 11.8 Å². The van der Waals surface area contributed by atoms with E-state index < -0.39 is 5.56 Å². The van der Waals surface area contributed by atoms with Crippen molar-refractivity contribution < 1.29 is 9.53 Å². The van der Waals surface area contributed by atoms with Gasteiger partial charge in [-0.1, -0.05) is 17.8 Å². The predicted octanol–water partition coefficient (Wildman–Crippen LogP) is 0.400. The number of hydrogen-bond donors (Lipinski definition) is 2. The van der Waals surface area contributed by atoms with Gasteiger partial charge in [0.05, 0.1) is 18.6 Å². The van der Waals surface area contributed by atoms with Gasteiger partial charge in [-0.25, -0.2) is 0 Å². The van der Waals surface area contributed by atoms with E-state index in [1.165, 1.54) is 7.11 Å². The zero-order valence-corrected chi connectivity index (χ0v) is 12.9. The standard InChI is InChI=1S/C13H15N5O3S/c1-8-3-4-9(10(5-8)21-2)16-11(19)7-22-13-17-15-6-12(20)18(13)14/h3-6H,7,14H2,1-2H3,(H,16,19). The number of nitrogens with one attached hydrogen (secondary N) is 1. The van der Waals surface area contributed by atoms with Crippen LogP contribution in [0.15, 0.2) is 34.3 Å². The molecule has 22 heavy (non-hydrogen) atoms. The van der Waals surface area contributed by atoms with Gasteiger partial charge in [0, 0.05) is 0 Å². The van der Waals surface area contributed by atoms with Crippen LogP contribution in [0.25, 0.3) is 0 Å². The van der Waals surface area contributed by atoms with Gasteiger partial charge in [-0.15, -0.1) is 5.10 Å². The molecule has 0 aliphatic heterocycles. The smallest absolute Gasteiger partial charge is 0.291 e. The van der Waals surface area contributed by atoms with Crippen molar-refractivity contribution in [2.24, 2.45) is 0 Å². The number of benzene rings is 1. The highest BCUT2D eigenvalue weighted by Crippen LogP contribution is 2.25. The van der Waals surface area contributed by atoms with Crippen molar-refractivity contribution in [2.45, 2.75) is 12.1 Å². The highest BCUT2D eigenvalue weighted by Gasteiger charge is 2.11. The highest BCUT2D eigenvalue weighted by molar-refractivity contribution is 7.99. The zero-order chi connectivity index (χ0) is 16.1. The summed E-state index contributed by atoms with van der Waals surface area (Å²) < 4.78 is 6.06. The summed E-state index contributed by atoms with van der Waals surface area (Å²) in [7, 11) is 1.53. The van der Waals surface area contributed by atoms with E-state index in [0.717, 1.165) is 28.2 Å². The van der Waals surface area contributed by atoms with Crippen molar-refractivity contribution in [3.05, 3.63) is 40.3 Å². The first-order valence-corrected chi connectivity index (χ1v) is 7.27. The number of anilines is 1. The lowest BCUT2D eigenvalue weighted by molar-refractivity contribution is -0.113. The number of nitrogens with zero attached hydrogens (tertiary/aromatic N) is 3. The molecule has 1 amide bonds. The summed E-state index contributed by atoms with van der Waals surface area (Å²) >= 11 is 1.02. The molecule has 2 rings (SSSR count). The summed E-state index contributed by atoms with van der Waals surface area (Å²) in [5.74, 6) is 5.85. The van der Waals surface area contributed by atoms with Gasteiger partial charge in [0.25, 0.3) is 5.56 Å². The van der Waals surface area contributed by atoms with Crippen LogP contribution in [0.5, 0.6) is 5.75 Å². The van der Waals surface area contributed by atoms with E-state index in [-0.39, 0.29) is 16.8 Å². The van der Waals surface area contributed by atoms with Gasteiger partial charge in [-0.2, -0.15) is 9.77 Å². The van der Waals surface area contributed by atoms with Crippen molar-refractivity contribution in [2.75, 3.05) is 24.0 Å². The second-order valence-corrected chi connectivity index (χ2v) is 5.32. The molecule has 0 unspecified atom stereocenters. The predicted molar refractivity (Wildman–Crippen MR) is 83.5 cm³/mol. The first-order chi connectivity index (χ1) is 10.5. The summed E-state index contributed by atoms with van der Waals surface area (Å²) in [6, 6.07) is 5.45. The molecule has 0 aliphatic rings. The van der Waals surface area contributed by atoms with Crippen LogP contribution in [0.2, 0.25) is 0 Å². The molecular formula is C13H15N5O3S. The number of hydrogen-bond acceptors (Lipinski definition) is 7. The van der Waals surface area contributed by atoms with Crippen molar-refractivity contribution in [3.63, 3.8) is 0 Å². The van der Waals surface area contributed by atoms with Gasteiger partial charge in [0.1, 0.15) is 11.9 Å². The lowest BCUT2D eigenvalue weighted by atomic mass is 10.2.